The van der Waals surface area contributed by atoms with Crippen molar-refractivity contribution in [3.63, 3.8) is 0 Å². The van der Waals surface area contributed by atoms with Crippen LogP contribution in [0.2, 0.25) is 0 Å². The number of halogens is 1. The second-order valence-corrected chi connectivity index (χ2v) is 4.55. The first-order valence-electron chi connectivity index (χ1n) is 5.05. The molecule has 0 saturated heterocycles. The van der Waals surface area contributed by atoms with E-state index in [4.69, 9.17) is 0 Å². The zero-order valence-electron chi connectivity index (χ0n) is 9.51. The SMILES string of the molecule is Cc1nnc(Sc2c(F)cccc2CO)n1C. The third kappa shape index (κ3) is 2.32. The van der Waals surface area contributed by atoms with Crippen LogP contribution in [0.25, 0.3) is 0 Å². The average Bonchev–Trinajstić information content (AvgIpc) is 2.63. The van der Waals surface area contributed by atoms with Gasteiger partial charge in [0.1, 0.15) is 11.6 Å². The lowest BCUT2D eigenvalue weighted by Gasteiger charge is -2.07. The molecule has 0 saturated carbocycles. The van der Waals surface area contributed by atoms with E-state index in [1.54, 1.807) is 16.7 Å². The Morgan fingerprint density at radius 3 is 2.76 bits per heavy atom. The van der Waals surface area contributed by atoms with Crippen LogP contribution in [0.15, 0.2) is 28.3 Å². The van der Waals surface area contributed by atoms with E-state index in [9.17, 15) is 9.50 Å². The normalized spacial score (nSPS) is 10.8. The van der Waals surface area contributed by atoms with Crippen molar-refractivity contribution in [1.82, 2.24) is 14.8 Å². The lowest BCUT2D eigenvalue weighted by Crippen LogP contribution is -1.96. The average molecular weight is 253 g/mol. The van der Waals surface area contributed by atoms with Crippen LogP contribution in [0, 0.1) is 12.7 Å². The maximum Gasteiger partial charge on any atom is 0.195 e. The second kappa shape index (κ2) is 4.85. The Morgan fingerprint density at radius 1 is 1.41 bits per heavy atom. The van der Waals surface area contributed by atoms with Crippen LogP contribution >= 0.6 is 11.8 Å². The van der Waals surface area contributed by atoms with E-state index in [1.165, 1.54) is 17.8 Å². The summed E-state index contributed by atoms with van der Waals surface area (Å²) in [5, 5.41) is 17.6. The molecule has 0 spiro atoms. The molecule has 4 nitrogen and oxygen atoms in total. The highest BCUT2D eigenvalue weighted by molar-refractivity contribution is 7.99. The van der Waals surface area contributed by atoms with Gasteiger partial charge in [0.2, 0.25) is 0 Å². The summed E-state index contributed by atoms with van der Waals surface area (Å²) in [7, 11) is 1.82. The molecule has 1 heterocycles. The molecule has 1 aromatic carbocycles. The molecule has 0 radical (unpaired) electrons. The molecular weight excluding hydrogens is 241 g/mol. The molecule has 1 aromatic heterocycles. The molecule has 17 heavy (non-hydrogen) atoms. The molecule has 0 atom stereocenters. The minimum absolute atomic E-state index is 0.197. The lowest BCUT2D eigenvalue weighted by atomic mass is 10.2. The van der Waals surface area contributed by atoms with Crippen LogP contribution in [-0.4, -0.2) is 19.9 Å². The van der Waals surface area contributed by atoms with Crippen molar-refractivity contribution >= 4 is 11.8 Å². The Kier molecular flexibility index (Phi) is 3.44. The summed E-state index contributed by atoms with van der Waals surface area (Å²) in [5.41, 5.74) is 0.552. The zero-order valence-corrected chi connectivity index (χ0v) is 10.3. The highest BCUT2D eigenvalue weighted by Gasteiger charge is 2.13. The predicted molar refractivity (Wildman–Crippen MR) is 62.2 cm³/mol. The summed E-state index contributed by atoms with van der Waals surface area (Å²) in [6.45, 7) is 1.63. The Hall–Kier alpha value is -1.40. The molecule has 0 aliphatic rings. The fourth-order valence-electron chi connectivity index (χ4n) is 1.36. The van der Waals surface area contributed by atoms with Gasteiger partial charge in [-0.2, -0.15) is 0 Å². The molecule has 1 N–H and O–H groups in total. The molecular formula is C11H12FN3OS. The first-order valence-corrected chi connectivity index (χ1v) is 5.87. The third-order valence-corrected chi connectivity index (χ3v) is 3.66. The standard InChI is InChI=1S/C11H12FN3OS/c1-7-13-14-11(15(7)2)17-10-8(6-16)4-3-5-9(10)12/h3-5,16H,6H2,1-2H3. The number of aryl methyl sites for hydroxylation is 1. The predicted octanol–water partition coefficient (Wildman–Crippen LogP) is 1.91. The first kappa shape index (κ1) is 12.1. The molecule has 0 aliphatic carbocycles. The molecule has 0 fully saturated rings. The maximum absolute atomic E-state index is 13.7. The minimum Gasteiger partial charge on any atom is -0.392 e. The Balaban J connectivity index is 2.39. The number of aliphatic hydroxyl groups excluding tert-OH is 1. The van der Waals surface area contributed by atoms with Gasteiger partial charge in [-0.1, -0.05) is 12.1 Å². The fraction of sp³-hybridized carbons (Fsp3) is 0.273. The molecule has 0 aliphatic heterocycles. The molecule has 6 heteroatoms. The van der Waals surface area contributed by atoms with Gasteiger partial charge >= 0.3 is 0 Å². The summed E-state index contributed by atoms with van der Waals surface area (Å²) >= 11 is 1.17. The van der Waals surface area contributed by atoms with E-state index >= 15 is 0 Å². The molecule has 0 bridgehead atoms. The van der Waals surface area contributed by atoms with Gasteiger partial charge in [0, 0.05) is 7.05 Å². The number of hydrogen-bond donors (Lipinski definition) is 1. The quantitative estimate of drug-likeness (QED) is 0.907. The van der Waals surface area contributed by atoms with E-state index in [1.807, 2.05) is 14.0 Å². The molecule has 90 valence electrons. The van der Waals surface area contributed by atoms with Gasteiger partial charge in [-0.05, 0) is 30.3 Å². The van der Waals surface area contributed by atoms with Crippen LogP contribution < -0.4 is 0 Å². The monoisotopic (exact) mass is 253 g/mol. The Bertz CT molecular complexity index is 542. The van der Waals surface area contributed by atoms with Crippen molar-refractivity contribution in [3.8, 4) is 0 Å². The smallest absolute Gasteiger partial charge is 0.195 e. The largest absolute Gasteiger partial charge is 0.392 e. The number of aliphatic hydroxyl groups is 1. The van der Waals surface area contributed by atoms with E-state index in [0.717, 1.165) is 5.82 Å². The van der Waals surface area contributed by atoms with E-state index in [0.29, 0.717) is 15.6 Å². The highest BCUT2D eigenvalue weighted by atomic mass is 32.2. The van der Waals surface area contributed by atoms with Crippen LogP contribution in [0.5, 0.6) is 0 Å². The Morgan fingerprint density at radius 2 is 2.18 bits per heavy atom. The topological polar surface area (TPSA) is 50.9 Å². The van der Waals surface area contributed by atoms with Crippen molar-refractivity contribution in [2.24, 2.45) is 7.05 Å². The van der Waals surface area contributed by atoms with Gasteiger partial charge in [0.05, 0.1) is 11.5 Å². The summed E-state index contributed by atoms with van der Waals surface area (Å²) < 4.78 is 15.4. The van der Waals surface area contributed by atoms with Crippen LogP contribution in [0.1, 0.15) is 11.4 Å². The number of nitrogens with zero attached hydrogens (tertiary/aromatic N) is 3. The van der Waals surface area contributed by atoms with Crippen molar-refractivity contribution in [3.05, 3.63) is 35.4 Å². The van der Waals surface area contributed by atoms with E-state index in [2.05, 4.69) is 10.2 Å². The minimum atomic E-state index is -0.359. The van der Waals surface area contributed by atoms with Gasteiger partial charge in [-0.3, -0.25) is 0 Å². The summed E-state index contributed by atoms with van der Waals surface area (Å²) in [4.78, 5) is 0.394. The van der Waals surface area contributed by atoms with E-state index in [-0.39, 0.29) is 12.4 Å². The van der Waals surface area contributed by atoms with Crippen molar-refractivity contribution in [1.29, 1.82) is 0 Å². The zero-order chi connectivity index (χ0) is 12.4. The second-order valence-electron chi connectivity index (χ2n) is 3.58. The van der Waals surface area contributed by atoms with Crippen LogP contribution in [0.4, 0.5) is 4.39 Å². The number of hydrogen-bond acceptors (Lipinski definition) is 4. The van der Waals surface area contributed by atoms with Gasteiger partial charge < -0.3 is 9.67 Å². The molecule has 0 amide bonds. The van der Waals surface area contributed by atoms with Gasteiger partial charge in [-0.15, -0.1) is 10.2 Å². The van der Waals surface area contributed by atoms with Crippen LogP contribution in [0.3, 0.4) is 0 Å². The highest BCUT2D eigenvalue weighted by Crippen LogP contribution is 2.31. The van der Waals surface area contributed by atoms with E-state index < -0.39 is 0 Å². The number of aromatic nitrogens is 3. The lowest BCUT2D eigenvalue weighted by molar-refractivity contribution is 0.277. The van der Waals surface area contributed by atoms with Gasteiger partial charge in [-0.25, -0.2) is 4.39 Å². The maximum atomic E-state index is 13.7. The van der Waals surface area contributed by atoms with Gasteiger partial charge in [0.15, 0.2) is 5.16 Å². The summed E-state index contributed by atoms with van der Waals surface area (Å²) in [6.07, 6.45) is 0. The third-order valence-electron chi connectivity index (χ3n) is 2.46. The Labute approximate surface area is 102 Å². The number of benzene rings is 1. The molecule has 2 rings (SSSR count). The van der Waals surface area contributed by atoms with Crippen molar-refractivity contribution in [2.75, 3.05) is 0 Å². The molecule has 0 unspecified atom stereocenters. The molecule has 2 aromatic rings. The van der Waals surface area contributed by atoms with Crippen molar-refractivity contribution in [2.45, 2.75) is 23.6 Å². The van der Waals surface area contributed by atoms with Crippen molar-refractivity contribution < 1.29 is 9.50 Å². The first-order chi connectivity index (χ1) is 8.13. The van der Waals surface area contributed by atoms with Gasteiger partial charge in [0.25, 0.3) is 0 Å². The number of rotatable bonds is 3. The van der Waals surface area contributed by atoms with Crippen LogP contribution in [-0.2, 0) is 13.7 Å². The summed E-state index contributed by atoms with van der Waals surface area (Å²) in [6, 6.07) is 4.63. The summed E-state index contributed by atoms with van der Waals surface area (Å²) in [5.74, 6) is 0.400. The fourth-order valence-corrected chi connectivity index (χ4v) is 2.32.